The molecule has 0 amide bonds. The lowest BCUT2D eigenvalue weighted by Gasteiger charge is -2.08. The van der Waals surface area contributed by atoms with Gasteiger partial charge in [-0.25, -0.2) is 14.8 Å². The molecular weight excluding hydrogens is 326 g/mol. The lowest BCUT2D eigenvalue weighted by molar-refractivity contribution is 0.0699. The van der Waals surface area contributed by atoms with Gasteiger partial charge in [0.1, 0.15) is 11.5 Å². The highest BCUT2D eigenvalue weighted by Gasteiger charge is 2.18. The summed E-state index contributed by atoms with van der Waals surface area (Å²) in [5.74, 6) is -0.315. The Kier molecular flexibility index (Phi) is 3.97. The predicted octanol–water partition coefficient (Wildman–Crippen LogP) is 4.55. The molecule has 26 heavy (non-hydrogen) atoms. The molecule has 128 valence electrons. The van der Waals surface area contributed by atoms with E-state index in [1.165, 1.54) is 6.20 Å². The summed E-state index contributed by atoms with van der Waals surface area (Å²) >= 11 is 0. The Balaban J connectivity index is 1.88. The number of carboxylic acid groups (broad SMARTS) is 1. The van der Waals surface area contributed by atoms with Crippen molar-refractivity contribution in [2.24, 2.45) is 0 Å². The Morgan fingerprint density at radius 3 is 2.27 bits per heavy atom. The number of nitrogens with one attached hydrogen (secondary N) is 1. The second kappa shape index (κ2) is 6.44. The summed E-state index contributed by atoms with van der Waals surface area (Å²) in [6.07, 6.45) is 2.15. The Bertz CT molecular complexity index is 1080. The van der Waals surface area contributed by atoms with Crippen LogP contribution in [0.2, 0.25) is 0 Å². The van der Waals surface area contributed by atoms with Gasteiger partial charge in [0, 0.05) is 18.2 Å². The van der Waals surface area contributed by atoms with Crippen LogP contribution in [-0.2, 0) is 6.42 Å². The zero-order chi connectivity index (χ0) is 18.1. The molecule has 2 N–H and O–H groups in total. The van der Waals surface area contributed by atoms with Gasteiger partial charge in [-0.05, 0) is 11.1 Å². The minimum Gasteiger partial charge on any atom is -0.478 e. The summed E-state index contributed by atoms with van der Waals surface area (Å²) in [5.41, 5.74) is 4.48. The Morgan fingerprint density at radius 2 is 1.62 bits per heavy atom. The van der Waals surface area contributed by atoms with E-state index in [4.69, 9.17) is 0 Å². The van der Waals surface area contributed by atoms with E-state index in [9.17, 15) is 9.90 Å². The van der Waals surface area contributed by atoms with E-state index in [0.717, 1.165) is 16.7 Å². The van der Waals surface area contributed by atoms with Gasteiger partial charge in [-0.15, -0.1) is 0 Å². The second-order valence-corrected chi connectivity index (χ2v) is 6.02. The summed E-state index contributed by atoms with van der Waals surface area (Å²) in [7, 11) is 0. The lowest BCUT2D eigenvalue weighted by Crippen LogP contribution is -2.00. The van der Waals surface area contributed by atoms with Crippen LogP contribution in [0.25, 0.3) is 33.4 Å². The Hall–Kier alpha value is -3.47. The molecular formula is C21H17N3O2. The smallest absolute Gasteiger partial charge is 0.338 e. The van der Waals surface area contributed by atoms with E-state index in [0.29, 0.717) is 29.0 Å². The number of benzene rings is 2. The molecule has 2 heterocycles. The maximum atomic E-state index is 11.6. The third-order valence-electron chi connectivity index (χ3n) is 4.39. The van der Waals surface area contributed by atoms with Gasteiger partial charge in [0.15, 0.2) is 0 Å². The van der Waals surface area contributed by atoms with E-state index in [1.807, 2.05) is 49.4 Å². The van der Waals surface area contributed by atoms with Crippen molar-refractivity contribution in [2.45, 2.75) is 13.3 Å². The number of aryl methyl sites for hydroxylation is 1. The van der Waals surface area contributed by atoms with Crippen LogP contribution < -0.4 is 0 Å². The SMILES string of the molecule is CCc1nc(-c2ccc(-c3ccccc3)cc2)c2c(C(=O)O)c[nH]c2n1. The maximum Gasteiger partial charge on any atom is 0.338 e. The average Bonchev–Trinajstić information content (AvgIpc) is 3.12. The predicted molar refractivity (Wildman–Crippen MR) is 101 cm³/mol. The average molecular weight is 343 g/mol. The molecule has 0 unspecified atom stereocenters. The molecule has 0 aliphatic heterocycles. The Morgan fingerprint density at radius 1 is 0.962 bits per heavy atom. The van der Waals surface area contributed by atoms with Gasteiger partial charge < -0.3 is 10.1 Å². The molecule has 0 radical (unpaired) electrons. The second-order valence-electron chi connectivity index (χ2n) is 6.02. The van der Waals surface area contributed by atoms with E-state index in [1.54, 1.807) is 0 Å². The molecule has 0 bridgehead atoms. The molecule has 4 aromatic rings. The molecule has 0 fully saturated rings. The molecule has 2 aromatic heterocycles. The zero-order valence-corrected chi connectivity index (χ0v) is 14.2. The van der Waals surface area contributed by atoms with Crippen molar-refractivity contribution in [3.05, 3.63) is 72.2 Å². The van der Waals surface area contributed by atoms with Crippen molar-refractivity contribution < 1.29 is 9.90 Å². The van der Waals surface area contributed by atoms with Crippen LogP contribution >= 0.6 is 0 Å². The van der Waals surface area contributed by atoms with Gasteiger partial charge in [0.25, 0.3) is 0 Å². The van der Waals surface area contributed by atoms with Crippen LogP contribution in [0, 0.1) is 0 Å². The highest BCUT2D eigenvalue weighted by Crippen LogP contribution is 2.30. The van der Waals surface area contributed by atoms with Gasteiger partial charge >= 0.3 is 5.97 Å². The number of H-pyrrole nitrogens is 1. The molecule has 0 saturated heterocycles. The monoisotopic (exact) mass is 343 g/mol. The quantitative estimate of drug-likeness (QED) is 0.570. The van der Waals surface area contributed by atoms with Crippen molar-refractivity contribution >= 4 is 17.0 Å². The molecule has 0 aliphatic carbocycles. The standard InChI is InChI=1S/C21H17N3O2/c1-2-17-23-19(18-16(21(25)26)12-22-20(18)24-17)15-10-8-14(9-11-15)13-6-4-3-5-7-13/h3-12H,2H2,1H3,(H,25,26)(H,22,23,24). The third-order valence-corrected chi connectivity index (χ3v) is 4.39. The molecule has 5 nitrogen and oxygen atoms in total. The van der Waals surface area contributed by atoms with Crippen LogP contribution in [0.5, 0.6) is 0 Å². The van der Waals surface area contributed by atoms with Crippen molar-refractivity contribution in [1.82, 2.24) is 15.0 Å². The molecule has 0 aliphatic rings. The number of hydrogen-bond donors (Lipinski definition) is 2. The fourth-order valence-corrected chi connectivity index (χ4v) is 3.07. The van der Waals surface area contributed by atoms with Crippen LogP contribution in [0.1, 0.15) is 23.1 Å². The lowest BCUT2D eigenvalue weighted by atomic mass is 10.0. The molecule has 0 atom stereocenters. The number of carbonyl (C=O) groups is 1. The van der Waals surface area contributed by atoms with Crippen molar-refractivity contribution in [2.75, 3.05) is 0 Å². The Labute approximate surface area is 150 Å². The van der Waals surface area contributed by atoms with Crippen molar-refractivity contribution in [3.63, 3.8) is 0 Å². The van der Waals surface area contributed by atoms with E-state index >= 15 is 0 Å². The summed E-state index contributed by atoms with van der Waals surface area (Å²) in [5, 5.41) is 10.0. The van der Waals surface area contributed by atoms with E-state index in [-0.39, 0.29) is 5.56 Å². The fourth-order valence-electron chi connectivity index (χ4n) is 3.07. The minimum atomic E-state index is -0.994. The number of rotatable bonds is 4. The van der Waals surface area contributed by atoms with Crippen LogP contribution in [0.15, 0.2) is 60.8 Å². The number of carboxylic acids is 1. The topological polar surface area (TPSA) is 78.9 Å². The summed E-state index contributed by atoms with van der Waals surface area (Å²) < 4.78 is 0. The number of nitrogens with zero attached hydrogens (tertiary/aromatic N) is 2. The number of aromatic nitrogens is 3. The number of fused-ring (bicyclic) bond motifs is 1. The van der Waals surface area contributed by atoms with Gasteiger partial charge in [0.05, 0.1) is 16.6 Å². The summed E-state index contributed by atoms with van der Waals surface area (Å²) in [6.45, 7) is 1.98. The largest absolute Gasteiger partial charge is 0.478 e. The third kappa shape index (κ3) is 2.73. The first-order valence-electron chi connectivity index (χ1n) is 8.44. The highest BCUT2D eigenvalue weighted by atomic mass is 16.4. The molecule has 0 spiro atoms. The normalized spacial score (nSPS) is 11.0. The van der Waals surface area contributed by atoms with Crippen molar-refractivity contribution in [3.8, 4) is 22.4 Å². The number of aromatic carboxylic acids is 1. The van der Waals surface area contributed by atoms with Gasteiger partial charge in [-0.2, -0.15) is 0 Å². The first-order chi connectivity index (χ1) is 12.7. The van der Waals surface area contributed by atoms with Gasteiger partial charge in [-0.1, -0.05) is 61.5 Å². The molecule has 4 rings (SSSR count). The number of hydrogen-bond acceptors (Lipinski definition) is 3. The van der Waals surface area contributed by atoms with E-state index in [2.05, 4.69) is 27.1 Å². The number of aromatic amines is 1. The molecule has 0 saturated carbocycles. The molecule has 2 aromatic carbocycles. The molecule has 5 heteroatoms. The van der Waals surface area contributed by atoms with Crippen LogP contribution in [0.4, 0.5) is 0 Å². The maximum absolute atomic E-state index is 11.6. The minimum absolute atomic E-state index is 0.185. The first-order valence-corrected chi connectivity index (χ1v) is 8.44. The highest BCUT2D eigenvalue weighted by molar-refractivity contribution is 6.07. The first kappa shape index (κ1) is 16.0. The van der Waals surface area contributed by atoms with Crippen molar-refractivity contribution in [1.29, 1.82) is 0 Å². The van der Waals surface area contributed by atoms with Gasteiger partial charge in [0.2, 0.25) is 0 Å². The summed E-state index contributed by atoms with van der Waals surface area (Å²) in [6, 6.07) is 18.1. The zero-order valence-electron chi connectivity index (χ0n) is 14.2. The van der Waals surface area contributed by atoms with Crippen LogP contribution in [0.3, 0.4) is 0 Å². The van der Waals surface area contributed by atoms with Crippen LogP contribution in [-0.4, -0.2) is 26.0 Å². The fraction of sp³-hybridized carbons (Fsp3) is 0.0952. The van der Waals surface area contributed by atoms with Gasteiger partial charge in [-0.3, -0.25) is 0 Å². The summed E-state index contributed by atoms with van der Waals surface area (Å²) in [4.78, 5) is 23.6. The van der Waals surface area contributed by atoms with E-state index < -0.39 is 5.97 Å².